The molecule has 0 saturated carbocycles. The molecule has 0 aliphatic carbocycles. The third-order valence-electron chi connectivity index (χ3n) is 11.6. The number of hydrogen-bond acceptors (Lipinski definition) is 7. The van der Waals surface area contributed by atoms with E-state index in [0.29, 0.717) is 21.4 Å². The van der Waals surface area contributed by atoms with Gasteiger partial charge >= 0.3 is 144 Å². The fourth-order valence-corrected chi connectivity index (χ4v) is 9.02. The van der Waals surface area contributed by atoms with E-state index in [1.807, 2.05) is 126 Å². The Balaban J connectivity index is 0.000000289. The van der Waals surface area contributed by atoms with Crippen molar-refractivity contribution in [2.24, 2.45) is 0 Å². The number of carbonyl (C=O) groups excluding carboxylic acids is 2. The van der Waals surface area contributed by atoms with E-state index in [-0.39, 0.29) is 153 Å². The summed E-state index contributed by atoms with van der Waals surface area (Å²) in [6, 6.07) is 43.4. The zero-order valence-electron chi connectivity index (χ0n) is 42.1. The van der Waals surface area contributed by atoms with Gasteiger partial charge in [0.25, 0.3) is 6.47 Å². The Hall–Kier alpha value is -3.36. The fourth-order valence-electron chi connectivity index (χ4n) is 8.11. The third kappa shape index (κ3) is 15.2. The van der Waals surface area contributed by atoms with Crippen LogP contribution < -0.4 is 148 Å². The summed E-state index contributed by atoms with van der Waals surface area (Å²) in [6.07, 6.45) is 0. The van der Waals surface area contributed by atoms with Gasteiger partial charge in [-0.15, -0.1) is 0 Å². The quantitative estimate of drug-likeness (QED) is 0.0432. The van der Waals surface area contributed by atoms with Crippen molar-refractivity contribution >= 4 is 102 Å². The summed E-state index contributed by atoms with van der Waals surface area (Å²) in [6.45, 7) is 11.3. The van der Waals surface area contributed by atoms with Crippen LogP contribution in [0.2, 0.25) is 20.1 Å². The summed E-state index contributed by atoms with van der Waals surface area (Å²) in [4.78, 5) is 23.0. The molecule has 0 N–H and O–H groups in total. The minimum atomic E-state index is -0.402. The Morgan fingerprint density at radius 3 is 1.27 bits per heavy atom. The molecule has 362 valence electrons. The van der Waals surface area contributed by atoms with Crippen LogP contribution in [0.25, 0.3) is 66.1 Å². The van der Waals surface area contributed by atoms with Crippen molar-refractivity contribution in [2.75, 3.05) is 0 Å². The molecule has 0 saturated heterocycles. The SMILES string of the molecule is C.CC(=O)Oc1cc2cc(C#Cc3ccc(Cl)cc3C)c(C)cc2cc1C#Cc1ccc(Cl)cc1C.Cc1cc(Cl)ccc1-c1cc2cc3cc4oc(-c5ccc(Cl)cc5C)cc4cc3cc2o1.O=CO[O-].[Cs+].[Cs+].[H-]. The first kappa shape index (κ1) is 61.5. The molecule has 13 heteroatoms. The molecule has 0 radical (unpaired) electrons. The number of benzene rings is 8. The predicted octanol–water partition coefficient (Wildman–Crippen LogP) is 10.6. The molecule has 0 atom stereocenters. The average molecular weight is 1300 g/mol. The summed E-state index contributed by atoms with van der Waals surface area (Å²) < 4.78 is 17.9. The monoisotopic (exact) mass is 1300 g/mol. The number of esters is 1. The van der Waals surface area contributed by atoms with Gasteiger partial charge in [0.05, 0.1) is 5.56 Å². The Labute approximate surface area is 569 Å². The van der Waals surface area contributed by atoms with Crippen LogP contribution in [0.1, 0.15) is 65.8 Å². The molecule has 0 unspecified atom stereocenters. The van der Waals surface area contributed by atoms with E-state index in [1.54, 1.807) is 0 Å². The van der Waals surface area contributed by atoms with E-state index < -0.39 is 5.97 Å². The molecule has 0 aliphatic rings. The number of aryl methyl sites for hydroxylation is 5. The normalized spacial score (nSPS) is 10.2. The largest absolute Gasteiger partial charge is 1.00 e. The molecule has 0 amide bonds. The second kappa shape index (κ2) is 27.8. The van der Waals surface area contributed by atoms with E-state index in [9.17, 15) is 4.79 Å². The van der Waals surface area contributed by atoms with Crippen molar-refractivity contribution in [3.8, 4) is 52.1 Å². The fraction of sp³-hybridized carbons (Fsp3) is 0.115. The zero-order valence-corrected chi connectivity index (χ0v) is 56.7. The Morgan fingerprint density at radius 1 is 0.486 bits per heavy atom. The predicted molar refractivity (Wildman–Crippen MR) is 293 cm³/mol. The zero-order chi connectivity index (χ0) is 50.5. The maximum absolute atomic E-state index is 11.8. The number of furan rings is 2. The van der Waals surface area contributed by atoms with Crippen LogP contribution in [0.4, 0.5) is 0 Å². The van der Waals surface area contributed by atoms with Crippen molar-refractivity contribution in [2.45, 2.75) is 49.0 Å². The topological polar surface area (TPSA) is 102 Å². The summed E-state index contributed by atoms with van der Waals surface area (Å²) >= 11 is 24.3. The maximum Gasteiger partial charge on any atom is 1.00 e. The van der Waals surface area contributed by atoms with Gasteiger partial charge < -0.3 is 25.1 Å². The average Bonchev–Trinajstić information content (AvgIpc) is 3.93. The van der Waals surface area contributed by atoms with Crippen LogP contribution in [0.3, 0.4) is 0 Å². The summed E-state index contributed by atoms with van der Waals surface area (Å²) in [7, 11) is 0. The third-order valence-corrected chi connectivity index (χ3v) is 12.6. The van der Waals surface area contributed by atoms with Gasteiger partial charge in [0.2, 0.25) is 0 Å². The van der Waals surface area contributed by atoms with Crippen LogP contribution in [0.5, 0.6) is 5.75 Å². The minimum Gasteiger partial charge on any atom is -1.00 e. The van der Waals surface area contributed by atoms with E-state index in [2.05, 4.69) is 71.0 Å². The van der Waals surface area contributed by atoms with E-state index in [1.165, 1.54) is 6.92 Å². The number of carbonyl (C=O) groups is 2. The minimum absolute atomic E-state index is 0. The second-order valence-electron chi connectivity index (χ2n) is 16.8. The molecule has 8 aromatic carbocycles. The molecule has 0 bridgehead atoms. The molecular weight excluding hydrogens is 1250 g/mol. The van der Waals surface area contributed by atoms with E-state index in [0.717, 1.165) is 121 Å². The molecular formula is C61H46Cl4Cs2O7. The molecule has 0 aliphatic heterocycles. The van der Waals surface area contributed by atoms with Gasteiger partial charge in [0.15, 0.2) is 0 Å². The van der Waals surface area contributed by atoms with Crippen molar-refractivity contribution in [1.82, 2.24) is 0 Å². The first-order valence-electron chi connectivity index (χ1n) is 22.0. The molecule has 2 aromatic heterocycles. The van der Waals surface area contributed by atoms with Crippen molar-refractivity contribution in [3.63, 3.8) is 0 Å². The molecule has 7 nitrogen and oxygen atoms in total. The Bertz CT molecular complexity index is 3690. The van der Waals surface area contributed by atoms with Gasteiger partial charge in [0.1, 0.15) is 28.4 Å². The molecule has 0 fully saturated rings. The number of halogens is 4. The smallest absolute Gasteiger partial charge is 1.00 e. The summed E-state index contributed by atoms with van der Waals surface area (Å²) in [5, 5.41) is 17.5. The maximum atomic E-state index is 11.8. The number of rotatable bonds is 4. The number of hydrogen-bond donors (Lipinski definition) is 0. The Morgan fingerprint density at radius 2 is 0.851 bits per heavy atom. The molecule has 2 heterocycles. The van der Waals surface area contributed by atoms with Crippen LogP contribution >= 0.6 is 46.4 Å². The number of ether oxygens (including phenoxy) is 1. The van der Waals surface area contributed by atoms with Gasteiger partial charge in [0, 0.05) is 65.6 Å². The van der Waals surface area contributed by atoms with Crippen LogP contribution in [-0.4, -0.2) is 12.4 Å². The van der Waals surface area contributed by atoms with Crippen LogP contribution in [-0.2, 0) is 14.5 Å². The van der Waals surface area contributed by atoms with Crippen molar-refractivity contribution < 1.29 is 173 Å². The molecule has 74 heavy (non-hydrogen) atoms. The van der Waals surface area contributed by atoms with Gasteiger partial charge in [-0.25, -0.2) is 0 Å². The Kier molecular flexibility index (Phi) is 23.1. The van der Waals surface area contributed by atoms with Gasteiger partial charge in [-0.05, 0) is 211 Å². The molecule has 10 aromatic rings. The van der Waals surface area contributed by atoms with E-state index >= 15 is 0 Å². The first-order valence-corrected chi connectivity index (χ1v) is 23.6. The molecule has 10 rings (SSSR count). The van der Waals surface area contributed by atoms with Crippen molar-refractivity contribution in [1.29, 1.82) is 0 Å². The summed E-state index contributed by atoms with van der Waals surface area (Å²) in [5.74, 6) is 14.6. The van der Waals surface area contributed by atoms with Crippen LogP contribution in [0, 0.1) is 58.3 Å². The van der Waals surface area contributed by atoms with Gasteiger partial charge in [-0.1, -0.05) is 83.6 Å². The first-order chi connectivity index (χ1) is 34.0. The van der Waals surface area contributed by atoms with Crippen LogP contribution in [0.15, 0.2) is 142 Å². The second-order valence-corrected chi connectivity index (χ2v) is 18.6. The summed E-state index contributed by atoms with van der Waals surface area (Å²) in [5.41, 5.74) is 12.4. The van der Waals surface area contributed by atoms with Crippen molar-refractivity contribution in [3.05, 3.63) is 204 Å². The van der Waals surface area contributed by atoms with Gasteiger partial charge in [-0.2, -0.15) is 0 Å². The molecule has 0 spiro atoms. The standard InChI is InChI=1S/C31H22Cl2O2.C28H18Cl2O2.CH2O3.CH4.2Cs.H/c1-19-13-27-17-26(8-6-24-10-12-30(33)15-21(24)3)31(35-22(4)34)18-28(27)16-25(19)7-5-23-9-11-29(32)14-20(23)2;1-15-7-21(29)3-5-23(15)27-13-19-9-17-12-26-20(10-18(17)11-25(19)31-27)14-28(32-26)24-6-4-22(30)8-16(24)2;2-1-4-3;;;;/h9-18H,1-4H3;3-14H,1-2H3;1,3H;1H4;;;/q;;;;2*+1;-1/p-1. The van der Waals surface area contributed by atoms with E-state index in [4.69, 9.17) is 70.0 Å². The number of fused-ring (bicyclic) bond motifs is 4. The van der Waals surface area contributed by atoms with Gasteiger partial charge in [-0.3, -0.25) is 9.59 Å².